The molecule has 2 N–H and O–H groups in total. The van der Waals surface area contributed by atoms with Crippen molar-refractivity contribution in [2.75, 3.05) is 0 Å². The van der Waals surface area contributed by atoms with Crippen molar-refractivity contribution in [2.45, 2.75) is 13.3 Å². The van der Waals surface area contributed by atoms with Gasteiger partial charge in [-0.25, -0.2) is 4.39 Å². The lowest BCUT2D eigenvalue weighted by atomic mass is 9.84. The number of nitriles is 1. The number of rotatable bonds is 3. The maximum atomic E-state index is 12.6. The van der Waals surface area contributed by atoms with E-state index in [2.05, 4.69) is 0 Å². The number of nitrogens with two attached hydrogens (primary N) is 1. The first kappa shape index (κ1) is 11.2. The van der Waals surface area contributed by atoms with Gasteiger partial charge in [0.2, 0.25) is 5.91 Å². The zero-order valence-corrected chi connectivity index (χ0v) is 8.33. The van der Waals surface area contributed by atoms with E-state index in [-0.39, 0.29) is 12.2 Å². The summed E-state index contributed by atoms with van der Waals surface area (Å²) in [4.78, 5) is 11.0. The van der Waals surface area contributed by atoms with Crippen molar-refractivity contribution in [3.8, 4) is 6.07 Å². The molecular formula is C11H11FN2O. The molecule has 0 fully saturated rings. The molecule has 0 saturated heterocycles. The summed E-state index contributed by atoms with van der Waals surface area (Å²) in [5, 5.41) is 8.85. The lowest BCUT2D eigenvalue weighted by Gasteiger charge is -2.16. The molecule has 0 radical (unpaired) electrons. The Balaban J connectivity index is 2.90. The van der Waals surface area contributed by atoms with Crippen molar-refractivity contribution in [2.24, 2.45) is 11.1 Å². The molecule has 15 heavy (non-hydrogen) atoms. The van der Waals surface area contributed by atoms with Crippen LogP contribution < -0.4 is 5.73 Å². The third-order valence-corrected chi connectivity index (χ3v) is 2.26. The second-order valence-corrected chi connectivity index (χ2v) is 3.61. The minimum Gasteiger partial charge on any atom is -0.368 e. The Morgan fingerprint density at radius 1 is 1.53 bits per heavy atom. The number of hydrogen-bond acceptors (Lipinski definition) is 2. The standard InChI is InChI=1S/C11H11FN2O/c1-11(7-13,10(14)15)6-8-2-4-9(12)5-3-8/h2-5H,6H2,1H3,(H2,14,15)/t11-/m0/s1. The molecule has 78 valence electrons. The van der Waals surface area contributed by atoms with Gasteiger partial charge in [-0.15, -0.1) is 0 Å². The van der Waals surface area contributed by atoms with E-state index < -0.39 is 11.3 Å². The number of halogens is 1. The van der Waals surface area contributed by atoms with E-state index in [9.17, 15) is 9.18 Å². The van der Waals surface area contributed by atoms with Crippen molar-refractivity contribution in [3.63, 3.8) is 0 Å². The number of hydrogen-bond donors (Lipinski definition) is 1. The molecule has 0 heterocycles. The molecular weight excluding hydrogens is 195 g/mol. The number of primary amides is 1. The van der Waals surface area contributed by atoms with E-state index in [1.165, 1.54) is 31.2 Å². The van der Waals surface area contributed by atoms with Crippen LogP contribution in [0, 0.1) is 22.6 Å². The molecule has 1 amide bonds. The molecule has 0 aromatic heterocycles. The molecule has 1 atom stereocenters. The van der Waals surface area contributed by atoms with Crippen molar-refractivity contribution in [1.82, 2.24) is 0 Å². The summed E-state index contributed by atoms with van der Waals surface area (Å²) in [5.41, 5.74) is 4.59. The molecule has 0 spiro atoms. The molecule has 0 aliphatic rings. The molecule has 0 aliphatic carbocycles. The summed E-state index contributed by atoms with van der Waals surface area (Å²) in [6.07, 6.45) is 0.194. The molecule has 0 aliphatic heterocycles. The average Bonchev–Trinajstić information content (AvgIpc) is 2.21. The molecule has 1 rings (SSSR count). The summed E-state index contributed by atoms with van der Waals surface area (Å²) < 4.78 is 12.6. The average molecular weight is 206 g/mol. The number of amides is 1. The van der Waals surface area contributed by atoms with Crippen molar-refractivity contribution in [1.29, 1.82) is 5.26 Å². The topological polar surface area (TPSA) is 66.9 Å². The largest absolute Gasteiger partial charge is 0.368 e. The Morgan fingerprint density at radius 2 is 2.07 bits per heavy atom. The molecule has 0 bridgehead atoms. The van der Waals surface area contributed by atoms with Gasteiger partial charge in [0.15, 0.2) is 0 Å². The maximum absolute atomic E-state index is 12.6. The van der Waals surface area contributed by atoms with E-state index in [0.717, 1.165) is 0 Å². The fraction of sp³-hybridized carbons (Fsp3) is 0.273. The number of nitrogens with zero attached hydrogens (tertiary/aromatic N) is 1. The predicted molar refractivity (Wildman–Crippen MR) is 53.0 cm³/mol. The van der Waals surface area contributed by atoms with Gasteiger partial charge < -0.3 is 5.73 Å². The van der Waals surface area contributed by atoms with Gasteiger partial charge in [0, 0.05) is 0 Å². The van der Waals surface area contributed by atoms with Gasteiger partial charge in [0.1, 0.15) is 11.2 Å². The van der Waals surface area contributed by atoms with E-state index in [0.29, 0.717) is 5.56 Å². The molecule has 1 aromatic carbocycles. The minimum absolute atomic E-state index is 0.194. The third-order valence-electron chi connectivity index (χ3n) is 2.26. The summed E-state index contributed by atoms with van der Waals surface area (Å²) in [7, 11) is 0. The van der Waals surface area contributed by atoms with Crippen LogP contribution in [0.4, 0.5) is 4.39 Å². The Morgan fingerprint density at radius 3 is 2.47 bits per heavy atom. The van der Waals surface area contributed by atoms with E-state index in [4.69, 9.17) is 11.0 Å². The van der Waals surface area contributed by atoms with Gasteiger partial charge in [-0.3, -0.25) is 4.79 Å². The van der Waals surface area contributed by atoms with Crippen LogP contribution in [-0.4, -0.2) is 5.91 Å². The first-order chi connectivity index (χ1) is 6.98. The molecule has 4 heteroatoms. The lowest BCUT2D eigenvalue weighted by Crippen LogP contribution is -2.34. The van der Waals surface area contributed by atoms with Gasteiger partial charge in [0.25, 0.3) is 0 Å². The Bertz CT molecular complexity index is 408. The SMILES string of the molecule is C[C@@](C#N)(Cc1ccc(F)cc1)C(N)=O. The zero-order chi connectivity index (χ0) is 11.5. The fourth-order valence-corrected chi connectivity index (χ4v) is 1.19. The summed E-state index contributed by atoms with van der Waals surface area (Å²) >= 11 is 0. The van der Waals surface area contributed by atoms with E-state index >= 15 is 0 Å². The lowest BCUT2D eigenvalue weighted by molar-refractivity contribution is -0.124. The predicted octanol–water partition coefficient (Wildman–Crippen LogP) is 1.38. The van der Waals surface area contributed by atoms with Crippen molar-refractivity contribution in [3.05, 3.63) is 35.6 Å². The van der Waals surface area contributed by atoms with E-state index in [1.807, 2.05) is 6.07 Å². The number of benzene rings is 1. The van der Waals surface area contributed by atoms with Gasteiger partial charge in [-0.2, -0.15) is 5.26 Å². The Labute approximate surface area is 87.3 Å². The van der Waals surface area contributed by atoms with Gasteiger partial charge in [-0.1, -0.05) is 12.1 Å². The Hall–Kier alpha value is -1.89. The first-order valence-electron chi connectivity index (χ1n) is 4.43. The Kier molecular flexibility index (Phi) is 3.05. The highest BCUT2D eigenvalue weighted by molar-refractivity contribution is 5.83. The van der Waals surface area contributed by atoms with Crippen LogP contribution in [0.1, 0.15) is 12.5 Å². The smallest absolute Gasteiger partial charge is 0.237 e. The highest BCUT2D eigenvalue weighted by Gasteiger charge is 2.31. The second kappa shape index (κ2) is 4.09. The molecule has 0 unspecified atom stereocenters. The molecule has 1 aromatic rings. The van der Waals surface area contributed by atoms with Gasteiger partial charge in [0.05, 0.1) is 6.07 Å². The van der Waals surface area contributed by atoms with Crippen molar-refractivity contribution >= 4 is 5.91 Å². The van der Waals surface area contributed by atoms with Crippen LogP contribution in [0.3, 0.4) is 0 Å². The normalized spacial score (nSPS) is 13.9. The number of carbonyl (C=O) groups excluding carboxylic acids is 1. The summed E-state index contributed by atoms with van der Waals surface area (Å²) in [6, 6.07) is 7.52. The fourth-order valence-electron chi connectivity index (χ4n) is 1.19. The van der Waals surface area contributed by atoms with Crippen LogP contribution in [0.2, 0.25) is 0 Å². The minimum atomic E-state index is -1.24. The van der Waals surface area contributed by atoms with Crippen LogP contribution in [0.25, 0.3) is 0 Å². The second-order valence-electron chi connectivity index (χ2n) is 3.61. The highest BCUT2D eigenvalue weighted by atomic mass is 19.1. The third kappa shape index (κ3) is 2.53. The van der Waals surface area contributed by atoms with Gasteiger partial charge in [-0.05, 0) is 31.0 Å². The monoisotopic (exact) mass is 206 g/mol. The van der Waals surface area contributed by atoms with Crippen LogP contribution in [0.5, 0.6) is 0 Å². The molecule has 3 nitrogen and oxygen atoms in total. The van der Waals surface area contributed by atoms with Crippen LogP contribution >= 0.6 is 0 Å². The maximum Gasteiger partial charge on any atom is 0.237 e. The summed E-state index contributed by atoms with van der Waals surface area (Å²) in [5.74, 6) is -1.02. The van der Waals surface area contributed by atoms with E-state index in [1.54, 1.807) is 0 Å². The highest BCUT2D eigenvalue weighted by Crippen LogP contribution is 2.21. The van der Waals surface area contributed by atoms with Crippen molar-refractivity contribution < 1.29 is 9.18 Å². The summed E-state index contributed by atoms with van der Waals surface area (Å²) in [6.45, 7) is 1.47. The quantitative estimate of drug-likeness (QED) is 0.811. The van der Waals surface area contributed by atoms with Gasteiger partial charge >= 0.3 is 0 Å². The number of carbonyl (C=O) groups is 1. The first-order valence-corrected chi connectivity index (χ1v) is 4.43. The molecule has 0 saturated carbocycles. The zero-order valence-electron chi connectivity index (χ0n) is 8.33. The van der Waals surface area contributed by atoms with Crippen LogP contribution in [0.15, 0.2) is 24.3 Å². The van der Waals surface area contributed by atoms with Crippen LogP contribution in [-0.2, 0) is 11.2 Å².